The van der Waals surface area contributed by atoms with Gasteiger partial charge in [-0.2, -0.15) is 9.78 Å². The molecule has 0 spiro atoms. The molecule has 0 unspecified atom stereocenters. The summed E-state index contributed by atoms with van der Waals surface area (Å²) in [5, 5.41) is 6.22. The van der Waals surface area contributed by atoms with Crippen molar-refractivity contribution in [3.63, 3.8) is 0 Å². The van der Waals surface area contributed by atoms with Crippen LogP contribution in [-0.2, 0) is 6.61 Å². The average Bonchev–Trinajstić information content (AvgIpc) is 3.00. The first-order chi connectivity index (χ1) is 21.2. The van der Waals surface area contributed by atoms with Gasteiger partial charge in [0.1, 0.15) is 12.4 Å². The van der Waals surface area contributed by atoms with Crippen LogP contribution >= 0.6 is 23.2 Å². The molecule has 1 heterocycles. The van der Waals surface area contributed by atoms with Gasteiger partial charge in [0.25, 0.3) is 5.56 Å². The van der Waals surface area contributed by atoms with E-state index in [4.69, 9.17) is 42.4 Å². The highest BCUT2D eigenvalue weighted by atomic mass is 35.5. The van der Waals surface area contributed by atoms with Crippen molar-refractivity contribution in [2.45, 2.75) is 40.2 Å². The Hall–Kier alpha value is -4.33. The van der Waals surface area contributed by atoms with E-state index in [0.29, 0.717) is 50.4 Å². The number of aromatic nitrogens is 2. The number of para-hydroxylation sites is 1. The van der Waals surface area contributed by atoms with Gasteiger partial charge in [-0.3, -0.25) is 4.79 Å². The molecule has 0 aliphatic carbocycles. The minimum atomic E-state index is -0.270. The van der Waals surface area contributed by atoms with E-state index in [1.54, 1.807) is 37.6 Å². The maximum atomic E-state index is 13.8. The zero-order valence-electron chi connectivity index (χ0n) is 25.2. The monoisotopic (exact) mass is 629 g/mol. The van der Waals surface area contributed by atoms with E-state index < -0.39 is 0 Å². The molecule has 1 aromatic heterocycles. The second kappa shape index (κ2) is 13.5. The quantitative estimate of drug-likeness (QED) is 0.144. The van der Waals surface area contributed by atoms with Crippen molar-refractivity contribution in [2.24, 2.45) is 5.10 Å². The fourth-order valence-corrected chi connectivity index (χ4v) is 5.35. The van der Waals surface area contributed by atoms with Crippen molar-refractivity contribution in [3.05, 3.63) is 115 Å². The van der Waals surface area contributed by atoms with E-state index in [1.165, 1.54) is 4.68 Å². The van der Waals surface area contributed by atoms with E-state index in [1.807, 2.05) is 62.4 Å². The van der Waals surface area contributed by atoms with E-state index in [0.717, 1.165) is 28.0 Å². The summed E-state index contributed by atoms with van der Waals surface area (Å²) in [4.78, 5) is 18.7. The third-order valence-electron chi connectivity index (χ3n) is 7.18. The molecule has 9 heteroatoms. The molecule has 0 bridgehead atoms. The lowest BCUT2D eigenvalue weighted by molar-refractivity contribution is 0.269. The Morgan fingerprint density at radius 1 is 0.955 bits per heavy atom. The summed E-state index contributed by atoms with van der Waals surface area (Å²) in [5.41, 5.74) is 4.57. The Bertz CT molecular complexity index is 1920. The molecule has 0 amide bonds. The van der Waals surface area contributed by atoms with Gasteiger partial charge in [-0.25, -0.2) is 4.98 Å². The largest absolute Gasteiger partial charge is 0.496 e. The van der Waals surface area contributed by atoms with Gasteiger partial charge in [0.05, 0.1) is 30.8 Å². The Kier molecular flexibility index (Phi) is 9.57. The van der Waals surface area contributed by atoms with Crippen LogP contribution in [0, 0.1) is 6.92 Å². The van der Waals surface area contributed by atoms with Crippen LogP contribution in [0.25, 0.3) is 22.3 Å². The van der Waals surface area contributed by atoms with Gasteiger partial charge in [-0.15, -0.1) is 0 Å². The molecule has 226 valence electrons. The number of nitrogens with zero attached hydrogens (tertiary/aromatic N) is 3. The summed E-state index contributed by atoms with van der Waals surface area (Å²) >= 11 is 12.4. The van der Waals surface area contributed by atoms with Crippen molar-refractivity contribution in [1.29, 1.82) is 0 Å². The molecule has 0 saturated heterocycles. The zero-order valence-corrected chi connectivity index (χ0v) is 26.7. The van der Waals surface area contributed by atoms with Gasteiger partial charge in [0.15, 0.2) is 17.3 Å². The van der Waals surface area contributed by atoms with Crippen LogP contribution < -0.4 is 19.8 Å². The lowest BCUT2D eigenvalue weighted by Gasteiger charge is -2.17. The summed E-state index contributed by atoms with van der Waals surface area (Å²) in [6.07, 6.45) is 1.62. The summed E-state index contributed by atoms with van der Waals surface area (Å²) in [7, 11) is 1.66. The second-order valence-electron chi connectivity index (χ2n) is 10.5. The molecule has 44 heavy (non-hydrogen) atoms. The van der Waals surface area contributed by atoms with Crippen LogP contribution in [0.2, 0.25) is 10.0 Å². The SMILES string of the molecule is CCOc1cc(C=Nn2c(-c3cc(C(C)C)c(OC)cc3C)nc3ccccc3c2=O)ccc1OCc1ccc(Cl)cc1Cl. The van der Waals surface area contributed by atoms with Gasteiger partial charge in [0.2, 0.25) is 0 Å². The third kappa shape index (κ3) is 6.59. The molecular weight excluding hydrogens is 597 g/mol. The van der Waals surface area contributed by atoms with E-state index in [2.05, 4.69) is 18.9 Å². The third-order valence-corrected chi connectivity index (χ3v) is 7.77. The first-order valence-corrected chi connectivity index (χ1v) is 15.0. The predicted molar refractivity (Wildman–Crippen MR) is 178 cm³/mol. The number of hydrogen-bond donors (Lipinski definition) is 0. The smallest absolute Gasteiger partial charge is 0.282 e. The predicted octanol–water partition coefficient (Wildman–Crippen LogP) is 8.67. The zero-order chi connectivity index (χ0) is 31.4. The first-order valence-electron chi connectivity index (χ1n) is 14.3. The molecule has 0 radical (unpaired) electrons. The summed E-state index contributed by atoms with van der Waals surface area (Å²) < 4.78 is 18.9. The Balaban J connectivity index is 1.56. The van der Waals surface area contributed by atoms with Crippen LogP contribution in [0.1, 0.15) is 48.9 Å². The van der Waals surface area contributed by atoms with Crippen molar-refractivity contribution in [1.82, 2.24) is 9.66 Å². The van der Waals surface area contributed by atoms with Crippen LogP contribution in [0.15, 0.2) is 82.7 Å². The molecule has 7 nitrogen and oxygen atoms in total. The highest BCUT2D eigenvalue weighted by Gasteiger charge is 2.18. The number of aryl methyl sites for hydroxylation is 1. The van der Waals surface area contributed by atoms with Gasteiger partial charge in [-0.1, -0.05) is 55.2 Å². The standard InChI is InChI=1S/C35H33Cl2N3O4/c1-6-43-33-16-23(11-14-31(33)44-20-24-12-13-25(36)17-29(24)37)19-38-40-34(39-30-10-8-7-9-26(30)35(40)41)28-18-27(21(2)3)32(42-5)15-22(28)4/h7-19,21H,6,20H2,1-5H3. The molecule has 4 aromatic carbocycles. The van der Waals surface area contributed by atoms with Crippen LogP contribution in [-0.4, -0.2) is 29.6 Å². The number of benzene rings is 4. The molecule has 0 N–H and O–H groups in total. The topological polar surface area (TPSA) is 74.9 Å². The van der Waals surface area contributed by atoms with Crippen LogP contribution in [0.4, 0.5) is 0 Å². The number of rotatable bonds is 10. The number of ether oxygens (including phenoxy) is 3. The minimum Gasteiger partial charge on any atom is -0.496 e. The lowest BCUT2D eigenvalue weighted by Crippen LogP contribution is -2.20. The number of fused-ring (bicyclic) bond motifs is 1. The summed E-state index contributed by atoms with van der Waals surface area (Å²) in [6.45, 7) is 8.75. The maximum absolute atomic E-state index is 13.8. The van der Waals surface area contributed by atoms with Crippen molar-refractivity contribution in [2.75, 3.05) is 13.7 Å². The van der Waals surface area contributed by atoms with Crippen LogP contribution in [0.3, 0.4) is 0 Å². The van der Waals surface area contributed by atoms with Gasteiger partial charge < -0.3 is 14.2 Å². The average molecular weight is 631 g/mol. The molecule has 0 fully saturated rings. The summed E-state index contributed by atoms with van der Waals surface area (Å²) in [6, 6.07) is 22.0. The number of halogens is 2. The highest BCUT2D eigenvalue weighted by Crippen LogP contribution is 2.34. The Morgan fingerprint density at radius 3 is 2.48 bits per heavy atom. The molecule has 0 aliphatic rings. The van der Waals surface area contributed by atoms with E-state index in [-0.39, 0.29) is 18.1 Å². The van der Waals surface area contributed by atoms with Gasteiger partial charge >= 0.3 is 0 Å². The van der Waals surface area contributed by atoms with Crippen molar-refractivity contribution >= 4 is 40.3 Å². The summed E-state index contributed by atoms with van der Waals surface area (Å²) in [5.74, 6) is 2.52. The number of hydrogen-bond acceptors (Lipinski definition) is 6. The Morgan fingerprint density at radius 2 is 1.75 bits per heavy atom. The molecular formula is C35H33Cl2N3O4. The highest BCUT2D eigenvalue weighted by molar-refractivity contribution is 6.35. The van der Waals surface area contributed by atoms with Crippen molar-refractivity contribution in [3.8, 4) is 28.6 Å². The normalized spacial score (nSPS) is 11.5. The van der Waals surface area contributed by atoms with Gasteiger partial charge in [-0.05, 0) is 91.1 Å². The molecule has 5 rings (SSSR count). The maximum Gasteiger partial charge on any atom is 0.282 e. The van der Waals surface area contributed by atoms with E-state index in [9.17, 15) is 4.79 Å². The van der Waals surface area contributed by atoms with Gasteiger partial charge in [0, 0.05) is 21.2 Å². The number of methoxy groups -OCH3 is 1. The fraction of sp³-hybridized carbons (Fsp3) is 0.229. The Labute approximate surface area is 266 Å². The minimum absolute atomic E-state index is 0.196. The van der Waals surface area contributed by atoms with Crippen LogP contribution in [0.5, 0.6) is 17.2 Å². The molecule has 0 aliphatic heterocycles. The molecule has 0 saturated carbocycles. The van der Waals surface area contributed by atoms with E-state index >= 15 is 0 Å². The molecule has 5 aromatic rings. The fourth-order valence-electron chi connectivity index (χ4n) is 4.88. The van der Waals surface area contributed by atoms with Crippen molar-refractivity contribution < 1.29 is 14.2 Å². The molecule has 0 atom stereocenters. The first kappa shape index (κ1) is 31.1. The second-order valence-corrected chi connectivity index (χ2v) is 11.4. The lowest BCUT2D eigenvalue weighted by atomic mass is 9.96.